The van der Waals surface area contributed by atoms with E-state index in [1.54, 1.807) is 0 Å². The number of aromatic hydroxyl groups is 2. The molecule has 2 nitrogen and oxygen atoms in total. The zero-order chi connectivity index (χ0) is 19.9. The molecular formula is C26H36O2. The van der Waals surface area contributed by atoms with Crippen molar-refractivity contribution in [1.82, 2.24) is 0 Å². The molecule has 0 spiro atoms. The summed E-state index contributed by atoms with van der Waals surface area (Å²) in [6.45, 7) is 3.99. The first kappa shape index (κ1) is 20.8. The summed E-state index contributed by atoms with van der Waals surface area (Å²) < 4.78 is 0. The van der Waals surface area contributed by atoms with Gasteiger partial charge in [0.25, 0.3) is 0 Å². The highest BCUT2D eigenvalue weighted by Crippen LogP contribution is 2.39. The molecule has 1 saturated carbocycles. The van der Waals surface area contributed by atoms with Crippen molar-refractivity contribution in [3.8, 4) is 11.5 Å². The van der Waals surface area contributed by atoms with E-state index >= 15 is 0 Å². The largest absolute Gasteiger partial charge is 0.508 e. The van der Waals surface area contributed by atoms with E-state index in [0.717, 1.165) is 17.5 Å². The van der Waals surface area contributed by atoms with Crippen LogP contribution in [0.15, 0.2) is 36.4 Å². The van der Waals surface area contributed by atoms with Gasteiger partial charge < -0.3 is 10.2 Å². The van der Waals surface area contributed by atoms with Crippen LogP contribution in [0.5, 0.6) is 11.5 Å². The van der Waals surface area contributed by atoms with Crippen LogP contribution in [0, 0.1) is 13.8 Å². The minimum Gasteiger partial charge on any atom is -0.508 e. The van der Waals surface area contributed by atoms with Crippen LogP contribution in [0.4, 0.5) is 0 Å². The third kappa shape index (κ3) is 5.53. The summed E-state index contributed by atoms with van der Waals surface area (Å²) in [5.74, 6) is 1.83. The van der Waals surface area contributed by atoms with Gasteiger partial charge in [0.2, 0.25) is 0 Å². The van der Waals surface area contributed by atoms with Gasteiger partial charge in [-0.1, -0.05) is 69.2 Å². The first-order valence-corrected chi connectivity index (χ1v) is 11.1. The van der Waals surface area contributed by atoms with E-state index in [1.165, 1.54) is 68.9 Å². The topological polar surface area (TPSA) is 40.5 Å². The van der Waals surface area contributed by atoms with Gasteiger partial charge in [-0.2, -0.15) is 0 Å². The maximum absolute atomic E-state index is 9.96. The number of benzene rings is 2. The predicted octanol–water partition coefficient (Wildman–Crippen LogP) is 7.50. The van der Waals surface area contributed by atoms with Gasteiger partial charge in [0.1, 0.15) is 11.5 Å². The summed E-state index contributed by atoms with van der Waals surface area (Å²) in [7, 11) is 0. The Bertz CT molecular complexity index is 702. The molecule has 2 aromatic rings. The summed E-state index contributed by atoms with van der Waals surface area (Å²) in [5.41, 5.74) is 4.68. The number of phenolic OH excluding ortho intramolecular Hbond substituents is 2. The van der Waals surface area contributed by atoms with Crippen LogP contribution in [0.1, 0.15) is 98.3 Å². The van der Waals surface area contributed by atoms with Crippen molar-refractivity contribution in [1.29, 1.82) is 0 Å². The second kappa shape index (κ2) is 10.0. The summed E-state index contributed by atoms with van der Waals surface area (Å²) in [6.07, 6.45) is 12.9. The highest BCUT2D eigenvalue weighted by atomic mass is 16.3. The molecule has 0 aromatic heterocycles. The fourth-order valence-electron chi connectivity index (χ4n) is 4.72. The third-order valence-electron chi connectivity index (χ3n) is 6.56. The molecule has 1 aliphatic rings. The number of phenols is 2. The predicted molar refractivity (Wildman–Crippen MR) is 117 cm³/mol. The summed E-state index contributed by atoms with van der Waals surface area (Å²) in [6, 6.07) is 12.3. The van der Waals surface area contributed by atoms with Crippen LogP contribution in [0.3, 0.4) is 0 Å². The molecule has 0 heterocycles. The zero-order valence-electron chi connectivity index (χ0n) is 17.6. The lowest BCUT2D eigenvalue weighted by Crippen LogP contribution is -2.09. The minimum absolute atomic E-state index is 0.391. The van der Waals surface area contributed by atoms with Gasteiger partial charge >= 0.3 is 0 Å². The lowest BCUT2D eigenvalue weighted by atomic mass is 9.79. The van der Waals surface area contributed by atoms with Crippen LogP contribution < -0.4 is 0 Å². The summed E-state index contributed by atoms with van der Waals surface area (Å²) in [4.78, 5) is 0. The Balaban J connectivity index is 1.87. The second-order valence-electron chi connectivity index (χ2n) is 8.77. The smallest absolute Gasteiger partial charge is 0.118 e. The molecule has 1 fully saturated rings. The van der Waals surface area contributed by atoms with E-state index in [1.807, 2.05) is 26.0 Å². The summed E-state index contributed by atoms with van der Waals surface area (Å²) >= 11 is 0. The number of hydrogen-bond donors (Lipinski definition) is 2. The SMILES string of the molecule is Cc1cc(C2CCCCCCCCCC(c3ccc(O)c(C)c3)C2)ccc1O. The molecule has 2 N–H and O–H groups in total. The van der Waals surface area contributed by atoms with Gasteiger partial charge in [-0.3, -0.25) is 0 Å². The van der Waals surface area contributed by atoms with E-state index in [4.69, 9.17) is 0 Å². The first-order valence-electron chi connectivity index (χ1n) is 11.1. The van der Waals surface area contributed by atoms with Crippen molar-refractivity contribution in [2.45, 2.75) is 89.9 Å². The summed E-state index contributed by atoms with van der Waals surface area (Å²) in [5, 5.41) is 19.9. The fraction of sp³-hybridized carbons (Fsp3) is 0.538. The van der Waals surface area contributed by atoms with Crippen molar-refractivity contribution < 1.29 is 10.2 Å². The normalized spacial score (nSPS) is 22.2. The molecule has 28 heavy (non-hydrogen) atoms. The number of aryl methyl sites for hydroxylation is 2. The van der Waals surface area contributed by atoms with Gasteiger partial charge in [-0.05, 0) is 79.3 Å². The average Bonchev–Trinajstić information content (AvgIpc) is 2.67. The Hall–Kier alpha value is -1.96. The highest BCUT2D eigenvalue weighted by Gasteiger charge is 2.21. The fourth-order valence-corrected chi connectivity index (χ4v) is 4.72. The standard InChI is InChI=1S/C26H36O2/c1-19-16-23(12-14-25(19)27)21-10-8-6-4-3-5-7-9-11-22(18-21)24-13-15-26(28)20(2)17-24/h12-17,21-22,27-28H,3-11,18H2,1-2H3. The van der Waals surface area contributed by atoms with E-state index in [0.29, 0.717) is 23.3 Å². The number of hydrogen-bond acceptors (Lipinski definition) is 2. The van der Waals surface area contributed by atoms with Gasteiger partial charge in [0, 0.05) is 0 Å². The Morgan fingerprint density at radius 1 is 0.607 bits per heavy atom. The van der Waals surface area contributed by atoms with E-state index in [-0.39, 0.29) is 0 Å². The molecule has 0 radical (unpaired) electrons. The molecular weight excluding hydrogens is 344 g/mol. The molecule has 2 unspecified atom stereocenters. The van der Waals surface area contributed by atoms with Crippen LogP contribution >= 0.6 is 0 Å². The lowest BCUT2D eigenvalue weighted by Gasteiger charge is -2.26. The van der Waals surface area contributed by atoms with Crippen molar-refractivity contribution >= 4 is 0 Å². The van der Waals surface area contributed by atoms with Crippen molar-refractivity contribution in [2.24, 2.45) is 0 Å². The lowest BCUT2D eigenvalue weighted by molar-refractivity contribution is 0.429. The van der Waals surface area contributed by atoms with Gasteiger partial charge in [-0.25, -0.2) is 0 Å². The van der Waals surface area contributed by atoms with Gasteiger partial charge in [0.15, 0.2) is 0 Å². The van der Waals surface area contributed by atoms with Crippen LogP contribution in [0.2, 0.25) is 0 Å². The molecule has 0 saturated heterocycles. The molecule has 2 aromatic carbocycles. The Labute approximate surface area is 170 Å². The van der Waals surface area contributed by atoms with Gasteiger partial charge in [-0.15, -0.1) is 0 Å². The van der Waals surface area contributed by atoms with Crippen molar-refractivity contribution in [3.05, 3.63) is 58.7 Å². The Kier molecular flexibility index (Phi) is 7.42. The molecule has 2 heteroatoms. The third-order valence-corrected chi connectivity index (χ3v) is 6.56. The quantitative estimate of drug-likeness (QED) is 0.566. The van der Waals surface area contributed by atoms with E-state index in [2.05, 4.69) is 24.3 Å². The highest BCUT2D eigenvalue weighted by molar-refractivity contribution is 5.38. The molecule has 3 rings (SSSR count). The van der Waals surface area contributed by atoms with Crippen molar-refractivity contribution in [3.63, 3.8) is 0 Å². The van der Waals surface area contributed by atoms with Crippen LogP contribution in [-0.4, -0.2) is 10.2 Å². The maximum atomic E-state index is 9.96. The molecule has 152 valence electrons. The molecule has 0 aliphatic heterocycles. The van der Waals surface area contributed by atoms with E-state index < -0.39 is 0 Å². The molecule has 0 bridgehead atoms. The first-order chi connectivity index (χ1) is 13.5. The molecule has 1 aliphatic carbocycles. The Morgan fingerprint density at radius 3 is 1.39 bits per heavy atom. The molecule has 2 atom stereocenters. The average molecular weight is 381 g/mol. The minimum atomic E-state index is 0.391. The maximum Gasteiger partial charge on any atom is 0.118 e. The number of rotatable bonds is 2. The second-order valence-corrected chi connectivity index (χ2v) is 8.77. The van der Waals surface area contributed by atoms with Gasteiger partial charge in [0.05, 0.1) is 0 Å². The van der Waals surface area contributed by atoms with E-state index in [9.17, 15) is 10.2 Å². The zero-order valence-corrected chi connectivity index (χ0v) is 17.6. The van der Waals surface area contributed by atoms with Crippen molar-refractivity contribution in [2.75, 3.05) is 0 Å². The van der Waals surface area contributed by atoms with Crippen LogP contribution in [0.25, 0.3) is 0 Å². The van der Waals surface area contributed by atoms with Crippen LogP contribution in [-0.2, 0) is 0 Å². The molecule has 0 amide bonds. The monoisotopic (exact) mass is 380 g/mol. The Morgan fingerprint density at radius 2 is 1.00 bits per heavy atom.